The molecule has 0 radical (unpaired) electrons. The molecule has 1 aromatic carbocycles. The van der Waals surface area contributed by atoms with Crippen LogP contribution in [0.5, 0.6) is 0 Å². The van der Waals surface area contributed by atoms with Crippen LogP contribution in [0.2, 0.25) is 0 Å². The molecule has 1 aliphatic rings. The van der Waals surface area contributed by atoms with Crippen molar-refractivity contribution >= 4 is 10.0 Å². The molecule has 2 aromatic rings. The molecule has 0 saturated heterocycles. The zero-order chi connectivity index (χ0) is 15.2. The summed E-state index contributed by atoms with van der Waals surface area (Å²) in [6.07, 6.45) is 1.86. The highest BCUT2D eigenvalue weighted by atomic mass is 32.2. The maximum absolute atomic E-state index is 13.8. The lowest BCUT2D eigenvalue weighted by molar-refractivity contribution is 0.280. The number of hydrogen-bond acceptors (Lipinski definition) is 2. The molecule has 0 amide bonds. The van der Waals surface area contributed by atoms with Gasteiger partial charge in [-0.2, -0.15) is 4.31 Å². The molecule has 112 valence electrons. The van der Waals surface area contributed by atoms with E-state index in [0.717, 1.165) is 28.2 Å². The van der Waals surface area contributed by atoms with E-state index in [1.165, 1.54) is 0 Å². The van der Waals surface area contributed by atoms with Crippen molar-refractivity contribution in [1.29, 1.82) is 0 Å². The quantitative estimate of drug-likeness (QED) is 0.855. The van der Waals surface area contributed by atoms with Gasteiger partial charge in [-0.1, -0.05) is 6.07 Å². The number of rotatable bonds is 2. The van der Waals surface area contributed by atoms with Gasteiger partial charge in [-0.25, -0.2) is 17.2 Å². The molecule has 1 aliphatic heterocycles. The number of hydrogen-bond donors (Lipinski definition) is 0. The summed E-state index contributed by atoms with van der Waals surface area (Å²) in [7, 11) is -4.22. The van der Waals surface area contributed by atoms with E-state index >= 15 is 0 Å². The number of nitrogens with zero attached hydrogens (tertiary/aromatic N) is 2. The van der Waals surface area contributed by atoms with Crippen LogP contribution in [0.25, 0.3) is 0 Å². The first-order valence-electron chi connectivity index (χ1n) is 6.54. The van der Waals surface area contributed by atoms with Crippen molar-refractivity contribution in [3.63, 3.8) is 0 Å². The van der Waals surface area contributed by atoms with Crippen molar-refractivity contribution in [3.05, 3.63) is 53.9 Å². The molecular formula is C14H14F2N2O2S. The summed E-state index contributed by atoms with van der Waals surface area (Å²) in [6, 6.07) is 6.21. The average Bonchev–Trinajstić information content (AvgIpc) is 2.87. The Morgan fingerprint density at radius 2 is 1.76 bits per heavy atom. The minimum atomic E-state index is -4.22. The third-order valence-electron chi connectivity index (χ3n) is 3.77. The highest BCUT2D eigenvalue weighted by Gasteiger charge is 2.37. The number of benzene rings is 1. The van der Waals surface area contributed by atoms with E-state index in [4.69, 9.17) is 0 Å². The van der Waals surface area contributed by atoms with Crippen molar-refractivity contribution in [2.75, 3.05) is 6.54 Å². The maximum Gasteiger partial charge on any atom is 0.249 e. The van der Waals surface area contributed by atoms with Gasteiger partial charge < -0.3 is 4.57 Å². The third kappa shape index (κ3) is 2.16. The summed E-state index contributed by atoms with van der Waals surface area (Å²) in [5, 5.41) is 0. The van der Waals surface area contributed by atoms with E-state index in [1.807, 2.05) is 22.9 Å². The molecule has 3 rings (SSSR count). The predicted octanol–water partition coefficient (Wildman–Crippen LogP) is 2.53. The Morgan fingerprint density at radius 1 is 1.10 bits per heavy atom. The van der Waals surface area contributed by atoms with E-state index in [-0.39, 0.29) is 6.54 Å². The molecule has 0 spiro atoms. The SMILES string of the molecule is C[C@@H]1c2cccn2CCN1S(=O)(=O)c1c(F)cccc1F. The van der Waals surface area contributed by atoms with Crippen LogP contribution in [0, 0.1) is 11.6 Å². The zero-order valence-electron chi connectivity index (χ0n) is 11.3. The van der Waals surface area contributed by atoms with E-state index in [2.05, 4.69) is 0 Å². The second-order valence-corrected chi connectivity index (χ2v) is 6.80. The summed E-state index contributed by atoms with van der Waals surface area (Å²) in [6.45, 7) is 2.35. The molecule has 1 aromatic heterocycles. The first kappa shape index (κ1) is 14.2. The van der Waals surface area contributed by atoms with E-state index < -0.39 is 32.6 Å². The Labute approximate surface area is 121 Å². The van der Waals surface area contributed by atoms with E-state index in [1.54, 1.807) is 6.92 Å². The van der Waals surface area contributed by atoms with Gasteiger partial charge in [0.05, 0.1) is 6.04 Å². The number of halogens is 2. The van der Waals surface area contributed by atoms with E-state index in [9.17, 15) is 17.2 Å². The van der Waals surface area contributed by atoms with Gasteiger partial charge in [-0.15, -0.1) is 0 Å². The molecule has 21 heavy (non-hydrogen) atoms. The van der Waals surface area contributed by atoms with Crippen LogP contribution < -0.4 is 0 Å². The highest BCUT2D eigenvalue weighted by molar-refractivity contribution is 7.89. The number of fused-ring (bicyclic) bond motifs is 1. The lowest BCUT2D eigenvalue weighted by atomic mass is 10.2. The topological polar surface area (TPSA) is 42.3 Å². The first-order valence-corrected chi connectivity index (χ1v) is 7.98. The molecule has 0 aliphatic carbocycles. The summed E-state index contributed by atoms with van der Waals surface area (Å²) in [5.74, 6) is -2.13. The molecule has 0 N–H and O–H groups in total. The Kier molecular flexibility index (Phi) is 3.33. The minimum absolute atomic E-state index is 0.180. The largest absolute Gasteiger partial charge is 0.349 e. The average molecular weight is 312 g/mol. The molecule has 0 bridgehead atoms. The van der Waals surface area contributed by atoms with Crippen molar-refractivity contribution in [2.24, 2.45) is 0 Å². The van der Waals surface area contributed by atoms with Gasteiger partial charge in [0.2, 0.25) is 10.0 Å². The van der Waals surface area contributed by atoms with Crippen LogP contribution in [0.4, 0.5) is 8.78 Å². The van der Waals surface area contributed by atoms with Crippen LogP contribution >= 0.6 is 0 Å². The van der Waals surface area contributed by atoms with Crippen LogP contribution in [0.15, 0.2) is 41.4 Å². The fourth-order valence-electron chi connectivity index (χ4n) is 2.73. The van der Waals surface area contributed by atoms with Gasteiger partial charge in [0.25, 0.3) is 0 Å². The molecule has 0 unspecified atom stereocenters. The standard InChI is InChI=1S/C14H14F2N2O2S/c1-10-13-6-3-7-17(13)8-9-18(10)21(19,20)14-11(15)4-2-5-12(14)16/h2-7,10H,8-9H2,1H3/t10-/m1/s1. The summed E-state index contributed by atoms with van der Waals surface area (Å²) >= 11 is 0. The van der Waals surface area contributed by atoms with Gasteiger partial charge in [0, 0.05) is 25.0 Å². The molecule has 0 saturated carbocycles. The Balaban J connectivity index is 2.08. The van der Waals surface area contributed by atoms with Gasteiger partial charge in [0.15, 0.2) is 4.90 Å². The second-order valence-electron chi connectivity index (χ2n) is 4.97. The van der Waals surface area contributed by atoms with Crippen LogP contribution in [-0.4, -0.2) is 23.8 Å². The lowest BCUT2D eigenvalue weighted by Gasteiger charge is -2.33. The molecule has 7 heteroatoms. The van der Waals surface area contributed by atoms with Gasteiger partial charge >= 0.3 is 0 Å². The van der Waals surface area contributed by atoms with E-state index in [0.29, 0.717) is 6.54 Å². The number of aromatic nitrogens is 1. The highest BCUT2D eigenvalue weighted by Crippen LogP contribution is 2.32. The Bertz CT molecular complexity index is 766. The third-order valence-corrected chi connectivity index (χ3v) is 5.79. The van der Waals surface area contributed by atoms with Crippen LogP contribution in [0.3, 0.4) is 0 Å². The molecule has 0 fully saturated rings. The second kappa shape index (κ2) is 4.92. The molecular weight excluding hydrogens is 298 g/mol. The molecule has 4 nitrogen and oxygen atoms in total. The van der Waals surface area contributed by atoms with Crippen LogP contribution in [0.1, 0.15) is 18.7 Å². The molecule has 1 atom stereocenters. The van der Waals surface area contributed by atoms with Crippen molar-refractivity contribution in [1.82, 2.24) is 8.87 Å². The zero-order valence-corrected chi connectivity index (χ0v) is 12.1. The van der Waals surface area contributed by atoms with Crippen LogP contribution in [-0.2, 0) is 16.6 Å². The van der Waals surface area contributed by atoms with Gasteiger partial charge in [-0.05, 0) is 31.2 Å². The number of sulfonamides is 1. The minimum Gasteiger partial charge on any atom is -0.349 e. The predicted molar refractivity (Wildman–Crippen MR) is 73.1 cm³/mol. The summed E-state index contributed by atoms with van der Waals surface area (Å²) in [4.78, 5) is -0.878. The fraction of sp³-hybridized carbons (Fsp3) is 0.286. The summed E-state index contributed by atoms with van der Waals surface area (Å²) in [5.41, 5.74) is 0.807. The van der Waals surface area contributed by atoms with Gasteiger partial charge in [-0.3, -0.25) is 0 Å². The Hall–Kier alpha value is -1.73. The normalized spacial score (nSPS) is 19.5. The van der Waals surface area contributed by atoms with Crippen molar-refractivity contribution in [2.45, 2.75) is 24.4 Å². The van der Waals surface area contributed by atoms with Crippen molar-refractivity contribution < 1.29 is 17.2 Å². The lowest BCUT2D eigenvalue weighted by Crippen LogP contribution is -2.41. The monoisotopic (exact) mass is 312 g/mol. The maximum atomic E-state index is 13.8. The first-order chi connectivity index (χ1) is 9.93. The summed E-state index contributed by atoms with van der Waals surface area (Å²) < 4.78 is 55.9. The van der Waals surface area contributed by atoms with Crippen molar-refractivity contribution in [3.8, 4) is 0 Å². The Morgan fingerprint density at radius 3 is 2.43 bits per heavy atom. The van der Waals surface area contributed by atoms with Gasteiger partial charge in [0.1, 0.15) is 11.6 Å². The fourth-order valence-corrected chi connectivity index (χ4v) is 4.44. The molecule has 2 heterocycles. The smallest absolute Gasteiger partial charge is 0.249 e.